The number of nitrogens with one attached hydrogen (secondary N) is 2. The van der Waals surface area contributed by atoms with Gasteiger partial charge in [-0.1, -0.05) is 18.2 Å². The van der Waals surface area contributed by atoms with Crippen molar-refractivity contribution in [3.63, 3.8) is 0 Å². The largest absolute Gasteiger partial charge is 0.354 e. The van der Waals surface area contributed by atoms with Crippen molar-refractivity contribution in [1.82, 2.24) is 29.9 Å². The second-order valence-corrected chi connectivity index (χ2v) is 7.12. The zero-order chi connectivity index (χ0) is 22.1. The van der Waals surface area contributed by atoms with Crippen LogP contribution in [0.1, 0.15) is 39.2 Å². The van der Waals surface area contributed by atoms with Crippen LogP contribution in [0.25, 0.3) is 16.7 Å². The van der Waals surface area contributed by atoms with E-state index in [1.165, 1.54) is 7.05 Å². The van der Waals surface area contributed by atoms with E-state index >= 15 is 0 Å². The Labute approximate surface area is 179 Å². The molecule has 158 valence electrons. The van der Waals surface area contributed by atoms with E-state index in [4.69, 9.17) is 0 Å². The van der Waals surface area contributed by atoms with Gasteiger partial charge in [0.05, 0.1) is 28.0 Å². The van der Waals surface area contributed by atoms with E-state index in [9.17, 15) is 9.59 Å². The monoisotopic (exact) mass is 417 g/mol. The molecule has 4 aromatic rings. The number of carbonyl (C=O) groups is 2. The van der Waals surface area contributed by atoms with Crippen molar-refractivity contribution in [3.05, 3.63) is 65.2 Å². The minimum atomic E-state index is -0.369. The molecular weight excluding hydrogens is 394 g/mol. The first-order chi connectivity index (χ1) is 14.9. The molecule has 31 heavy (non-hydrogen) atoms. The summed E-state index contributed by atoms with van der Waals surface area (Å²) in [6, 6.07) is 11.4. The number of pyridine rings is 1. The zero-order valence-electron chi connectivity index (χ0n) is 17.8. The molecule has 0 unspecified atom stereocenters. The first kappa shape index (κ1) is 20.3. The number of benzene rings is 1. The summed E-state index contributed by atoms with van der Waals surface area (Å²) in [5.74, 6) is -0.723. The van der Waals surface area contributed by atoms with Crippen LogP contribution in [-0.2, 0) is 6.54 Å². The van der Waals surface area contributed by atoms with E-state index in [1.807, 2.05) is 51.1 Å². The maximum Gasteiger partial charge on any atom is 0.273 e. The maximum atomic E-state index is 13.3. The number of fused-ring (bicyclic) bond motifs is 1. The van der Waals surface area contributed by atoms with Crippen molar-refractivity contribution in [2.75, 3.05) is 12.4 Å². The molecule has 9 heteroatoms. The molecular formula is C22H23N7O2. The zero-order valence-corrected chi connectivity index (χ0v) is 17.8. The van der Waals surface area contributed by atoms with Gasteiger partial charge in [-0.25, -0.2) is 9.67 Å². The molecule has 0 spiro atoms. The van der Waals surface area contributed by atoms with E-state index in [1.54, 1.807) is 21.6 Å². The highest BCUT2D eigenvalue weighted by Gasteiger charge is 2.22. The summed E-state index contributed by atoms with van der Waals surface area (Å²) in [6.07, 6.45) is 1.65. The molecule has 9 nitrogen and oxygen atoms in total. The second-order valence-electron chi connectivity index (χ2n) is 7.12. The van der Waals surface area contributed by atoms with Crippen molar-refractivity contribution in [2.24, 2.45) is 0 Å². The number of nitrogens with zero attached hydrogens (tertiary/aromatic N) is 5. The van der Waals surface area contributed by atoms with Crippen molar-refractivity contribution >= 4 is 28.5 Å². The minimum absolute atomic E-state index is 0.163. The highest BCUT2D eigenvalue weighted by atomic mass is 16.2. The number of amides is 2. The molecule has 3 aromatic heterocycles. The molecule has 4 rings (SSSR count). The van der Waals surface area contributed by atoms with E-state index < -0.39 is 0 Å². The Kier molecular flexibility index (Phi) is 5.24. The van der Waals surface area contributed by atoms with Crippen LogP contribution in [-0.4, -0.2) is 43.4 Å². The molecule has 2 N–H and O–H groups in total. The molecule has 1 aromatic carbocycles. The van der Waals surface area contributed by atoms with Gasteiger partial charge in [0.1, 0.15) is 0 Å². The number of aryl methyl sites for hydroxylation is 3. The highest BCUT2D eigenvalue weighted by Crippen LogP contribution is 2.26. The highest BCUT2D eigenvalue weighted by molar-refractivity contribution is 6.14. The molecule has 0 saturated heterocycles. The van der Waals surface area contributed by atoms with Crippen LogP contribution in [0.15, 0.2) is 42.6 Å². The topological polar surface area (TPSA) is 107 Å². The average Bonchev–Trinajstić information content (AvgIpc) is 3.34. The van der Waals surface area contributed by atoms with Gasteiger partial charge in [0.2, 0.25) is 0 Å². The number of rotatable bonds is 5. The molecule has 0 fully saturated rings. The Morgan fingerprint density at radius 2 is 1.81 bits per heavy atom. The van der Waals surface area contributed by atoms with Crippen molar-refractivity contribution in [2.45, 2.75) is 27.3 Å². The number of anilines is 1. The molecule has 0 saturated carbocycles. The van der Waals surface area contributed by atoms with Gasteiger partial charge in [-0.2, -0.15) is 10.2 Å². The molecule has 3 heterocycles. The average molecular weight is 417 g/mol. The van der Waals surface area contributed by atoms with Crippen LogP contribution in [0, 0.1) is 13.8 Å². The number of para-hydroxylation sites is 1. The third-order valence-corrected chi connectivity index (χ3v) is 4.96. The van der Waals surface area contributed by atoms with Crippen LogP contribution in [0.2, 0.25) is 0 Å². The Balaban J connectivity index is 1.81. The van der Waals surface area contributed by atoms with Crippen molar-refractivity contribution < 1.29 is 9.59 Å². The van der Waals surface area contributed by atoms with Crippen LogP contribution in [0.4, 0.5) is 5.69 Å². The quantitative estimate of drug-likeness (QED) is 0.519. The minimum Gasteiger partial charge on any atom is -0.354 e. The van der Waals surface area contributed by atoms with Gasteiger partial charge in [-0.15, -0.1) is 0 Å². The fourth-order valence-electron chi connectivity index (χ4n) is 3.49. The van der Waals surface area contributed by atoms with Gasteiger partial charge in [0, 0.05) is 25.5 Å². The van der Waals surface area contributed by atoms with E-state index in [0.29, 0.717) is 40.2 Å². The SMILES string of the molecule is CCn1cc(NC(=O)c2cc(C)nc3c2c(C)nn3-c2ccccc2)c(C(=O)NC)n1. The smallest absolute Gasteiger partial charge is 0.273 e. The van der Waals surface area contributed by atoms with Crippen LogP contribution >= 0.6 is 0 Å². The first-order valence-corrected chi connectivity index (χ1v) is 9.96. The lowest BCUT2D eigenvalue weighted by atomic mass is 10.1. The Morgan fingerprint density at radius 3 is 2.48 bits per heavy atom. The van der Waals surface area contributed by atoms with Gasteiger partial charge in [-0.3, -0.25) is 14.3 Å². The van der Waals surface area contributed by atoms with Gasteiger partial charge in [0.25, 0.3) is 11.8 Å². The summed E-state index contributed by atoms with van der Waals surface area (Å²) in [5.41, 5.74) is 3.78. The summed E-state index contributed by atoms with van der Waals surface area (Å²) < 4.78 is 3.34. The van der Waals surface area contributed by atoms with Crippen LogP contribution < -0.4 is 10.6 Å². The second kappa shape index (κ2) is 8.02. The predicted octanol–water partition coefficient (Wildman–Crippen LogP) is 2.87. The lowest BCUT2D eigenvalue weighted by molar-refractivity contribution is 0.0958. The van der Waals surface area contributed by atoms with Crippen molar-refractivity contribution in [1.29, 1.82) is 0 Å². The Bertz CT molecular complexity index is 1290. The first-order valence-electron chi connectivity index (χ1n) is 9.96. The summed E-state index contributed by atoms with van der Waals surface area (Å²) in [7, 11) is 1.52. The third kappa shape index (κ3) is 3.65. The van der Waals surface area contributed by atoms with Crippen LogP contribution in [0.3, 0.4) is 0 Å². The number of aromatic nitrogens is 5. The predicted molar refractivity (Wildman–Crippen MR) is 118 cm³/mol. The lowest BCUT2D eigenvalue weighted by Crippen LogP contribution is -2.21. The molecule has 0 aliphatic heterocycles. The van der Waals surface area contributed by atoms with E-state index in [-0.39, 0.29) is 17.5 Å². The summed E-state index contributed by atoms with van der Waals surface area (Å²) in [4.78, 5) is 30.1. The number of carbonyl (C=O) groups excluding carboxylic acids is 2. The van der Waals surface area contributed by atoms with Crippen molar-refractivity contribution in [3.8, 4) is 5.69 Å². The van der Waals surface area contributed by atoms with Gasteiger partial charge < -0.3 is 10.6 Å². The van der Waals surface area contributed by atoms with Gasteiger partial charge >= 0.3 is 0 Å². The number of hydrogen-bond acceptors (Lipinski definition) is 5. The third-order valence-electron chi connectivity index (χ3n) is 4.96. The summed E-state index contributed by atoms with van der Waals surface area (Å²) >= 11 is 0. The molecule has 0 atom stereocenters. The fourth-order valence-corrected chi connectivity index (χ4v) is 3.49. The Morgan fingerprint density at radius 1 is 1.06 bits per heavy atom. The standard InChI is InChI=1S/C22H23N7O2/c1-5-28-12-17(19(27-28)22(31)23-4)25-21(30)16-11-13(2)24-20-18(16)14(3)26-29(20)15-9-7-6-8-10-15/h6-12H,5H2,1-4H3,(H,23,31)(H,25,30). The van der Waals surface area contributed by atoms with Gasteiger partial charge in [0.15, 0.2) is 11.3 Å². The molecule has 0 aliphatic carbocycles. The Hall–Kier alpha value is -4.01. The van der Waals surface area contributed by atoms with E-state index in [0.717, 1.165) is 5.69 Å². The molecule has 0 bridgehead atoms. The maximum absolute atomic E-state index is 13.3. The van der Waals surface area contributed by atoms with E-state index in [2.05, 4.69) is 25.8 Å². The lowest BCUT2D eigenvalue weighted by Gasteiger charge is -2.08. The molecule has 2 amide bonds. The number of hydrogen-bond donors (Lipinski definition) is 2. The normalized spacial score (nSPS) is 11.0. The van der Waals surface area contributed by atoms with Crippen LogP contribution in [0.5, 0.6) is 0 Å². The molecule has 0 aliphatic rings. The van der Waals surface area contributed by atoms with Gasteiger partial charge in [-0.05, 0) is 39.0 Å². The summed E-state index contributed by atoms with van der Waals surface area (Å²) in [6.45, 7) is 6.16. The summed E-state index contributed by atoms with van der Waals surface area (Å²) in [5, 5.41) is 14.9. The fraction of sp³-hybridized carbons (Fsp3) is 0.227. The molecule has 0 radical (unpaired) electrons.